The number of methoxy groups -OCH3 is 1. The molecule has 0 fully saturated rings. The number of hydrogen-bond acceptors (Lipinski definition) is 5. The zero-order valence-corrected chi connectivity index (χ0v) is 18.4. The molecule has 1 aromatic heterocycles. The van der Waals surface area contributed by atoms with Crippen molar-refractivity contribution >= 4 is 46.6 Å². The number of allylic oxidation sites excluding steroid dienone is 1. The predicted molar refractivity (Wildman–Crippen MR) is 119 cm³/mol. The molecule has 1 aliphatic heterocycles. The van der Waals surface area contributed by atoms with Gasteiger partial charge in [0.15, 0.2) is 4.80 Å². The van der Waals surface area contributed by atoms with Gasteiger partial charge in [-0.25, -0.2) is 9.79 Å². The molecule has 4 rings (SSSR count). The van der Waals surface area contributed by atoms with Crippen LogP contribution in [-0.2, 0) is 9.53 Å². The van der Waals surface area contributed by atoms with Crippen LogP contribution in [0.2, 0.25) is 10.0 Å². The molecule has 0 amide bonds. The fourth-order valence-corrected chi connectivity index (χ4v) is 4.75. The summed E-state index contributed by atoms with van der Waals surface area (Å²) in [5, 5.41) is 0.849. The van der Waals surface area contributed by atoms with Gasteiger partial charge in [-0.05, 0) is 36.3 Å². The number of rotatable bonds is 3. The van der Waals surface area contributed by atoms with Gasteiger partial charge >= 0.3 is 5.97 Å². The maximum atomic E-state index is 13.4. The number of fused-ring (bicyclic) bond motifs is 1. The smallest absolute Gasteiger partial charge is 0.338 e. The van der Waals surface area contributed by atoms with Crippen molar-refractivity contribution < 1.29 is 9.53 Å². The molecule has 0 saturated carbocycles. The van der Waals surface area contributed by atoms with E-state index in [1.165, 1.54) is 18.4 Å². The van der Waals surface area contributed by atoms with Crippen molar-refractivity contribution in [1.29, 1.82) is 0 Å². The molecular weight excluding hydrogens is 443 g/mol. The highest BCUT2D eigenvalue weighted by Crippen LogP contribution is 2.30. The van der Waals surface area contributed by atoms with Crippen LogP contribution in [0.15, 0.2) is 69.6 Å². The third-order valence-corrected chi connectivity index (χ3v) is 6.51. The van der Waals surface area contributed by atoms with Gasteiger partial charge in [-0.3, -0.25) is 9.36 Å². The SMILES string of the molecule is COC(=O)C1=C(C)N=c2sc(=Cc3ccc(Cl)c(Cl)c3)c(=O)n2C1c1ccccc1. The average molecular weight is 459 g/mol. The number of hydrogen-bond donors (Lipinski definition) is 0. The summed E-state index contributed by atoms with van der Waals surface area (Å²) in [5.74, 6) is -0.510. The molecule has 0 saturated heterocycles. The molecule has 0 bridgehead atoms. The zero-order valence-electron chi connectivity index (χ0n) is 16.1. The lowest BCUT2D eigenvalue weighted by Crippen LogP contribution is -2.39. The number of benzene rings is 2. The maximum Gasteiger partial charge on any atom is 0.338 e. The molecule has 1 aliphatic rings. The molecule has 0 aliphatic carbocycles. The molecular formula is C22H16Cl2N2O3S. The second-order valence-electron chi connectivity index (χ2n) is 6.66. The van der Waals surface area contributed by atoms with E-state index in [2.05, 4.69) is 4.99 Å². The minimum Gasteiger partial charge on any atom is -0.466 e. The molecule has 0 radical (unpaired) electrons. The molecule has 8 heteroatoms. The van der Waals surface area contributed by atoms with Gasteiger partial charge in [0.05, 0.1) is 39.0 Å². The Hall–Kier alpha value is -2.67. The Morgan fingerprint density at radius 2 is 1.90 bits per heavy atom. The topological polar surface area (TPSA) is 60.7 Å². The first-order chi connectivity index (χ1) is 14.4. The molecule has 30 heavy (non-hydrogen) atoms. The van der Waals surface area contributed by atoms with Crippen LogP contribution >= 0.6 is 34.5 Å². The van der Waals surface area contributed by atoms with Crippen molar-refractivity contribution in [3.8, 4) is 0 Å². The van der Waals surface area contributed by atoms with E-state index < -0.39 is 12.0 Å². The second kappa shape index (κ2) is 8.22. The minimum atomic E-state index is -0.620. The summed E-state index contributed by atoms with van der Waals surface area (Å²) in [6, 6.07) is 13.9. The highest BCUT2D eigenvalue weighted by Gasteiger charge is 2.32. The number of esters is 1. The molecule has 2 heterocycles. The first-order valence-electron chi connectivity index (χ1n) is 9.01. The maximum absolute atomic E-state index is 13.4. The molecule has 2 aromatic carbocycles. The van der Waals surface area contributed by atoms with Gasteiger partial charge in [0, 0.05) is 0 Å². The first kappa shape index (κ1) is 20.6. The number of ether oxygens (including phenoxy) is 1. The Morgan fingerprint density at radius 1 is 1.17 bits per heavy atom. The highest BCUT2D eigenvalue weighted by atomic mass is 35.5. The third-order valence-electron chi connectivity index (χ3n) is 4.78. The Labute approximate surface area is 186 Å². The Kier molecular flexibility index (Phi) is 5.64. The van der Waals surface area contributed by atoms with Gasteiger partial charge in [0.25, 0.3) is 5.56 Å². The van der Waals surface area contributed by atoms with Crippen molar-refractivity contribution in [3.63, 3.8) is 0 Å². The lowest BCUT2D eigenvalue weighted by Gasteiger charge is -2.24. The summed E-state index contributed by atoms with van der Waals surface area (Å²) in [6.45, 7) is 1.75. The molecule has 152 valence electrons. The monoisotopic (exact) mass is 458 g/mol. The molecule has 0 N–H and O–H groups in total. The van der Waals surface area contributed by atoms with Crippen molar-refractivity contribution in [3.05, 3.63) is 101 Å². The number of carbonyl (C=O) groups is 1. The van der Waals surface area contributed by atoms with Crippen LogP contribution in [0.1, 0.15) is 24.1 Å². The van der Waals surface area contributed by atoms with Crippen LogP contribution in [0.3, 0.4) is 0 Å². The highest BCUT2D eigenvalue weighted by molar-refractivity contribution is 7.07. The Bertz CT molecular complexity index is 1360. The fourth-order valence-electron chi connectivity index (χ4n) is 3.40. The van der Waals surface area contributed by atoms with Gasteiger partial charge in [-0.2, -0.15) is 0 Å². The largest absolute Gasteiger partial charge is 0.466 e. The summed E-state index contributed by atoms with van der Waals surface area (Å²) < 4.78 is 7.01. The van der Waals surface area contributed by atoms with Gasteiger partial charge in [0.2, 0.25) is 0 Å². The van der Waals surface area contributed by atoms with Gasteiger partial charge < -0.3 is 4.74 Å². The molecule has 5 nitrogen and oxygen atoms in total. The van der Waals surface area contributed by atoms with Crippen molar-refractivity contribution in [1.82, 2.24) is 4.57 Å². The van der Waals surface area contributed by atoms with Crippen LogP contribution in [-0.4, -0.2) is 17.6 Å². The van der Waals surface area contributed by atoms with Crippen LogP contribution in [0.25, 0.3) is 6.08 Å². The van der Waals surface area contributed by atoms with E-state index in [0.29, 0.717) is 30.6 Å². The lowest BCUT2D eigenvalue weighted by molar-refractivity contribution is -0.136. The van der Waals surface area contributed by atoms with Crippen molar-refractivity contribution in [2.24, 2.45) is 4.99 Å². The van der Waals surface area contributed by atoms with Crippen LogP contribution < -0.4 is 14.9 Å². The van der Waals surface area contributed by atoms with E-state index in [9.17, 15) is 9.59 Å². The van der Waals surface area contributed by atoms with E-state index in [1.807, 2.05) is 30.3 Å². The fraction of sp³-hybridized carbons (Fsp3) is 0.136. The van der Waals surface area contributed by atoms with E-state index in [4.69, 9.17) is 27.9 Å². The van der Waals surface area contributed by atoms with Crippen molar-refractivity contribution in [2.45, 2.75) is 13.0 Å². The zero-order chi connectivity index (χ0) is 21.4. The summed E-state index contributed by atoms with van der Waals surface area (Å²) in [5.41, 5.74) is 2.17. The standard InChI is InChI=1S/C22H16Cl2N2O3S/c1-12-18(21(28)29-2)19(14-6-4-3-5-7-14)26-20(27)17(30-22(26)25-12)11-13-8-9-15(23)16(24)10-13/h3-11,19H,1-2H3. The normalized spacial score (nSPS) is 16.3. The van der Waals surface area contributed by atoms with Gasteiger partial charge in [-0.1, -0.05) is 70.9 Å². The lowest BCUT2D eigenvalue weighted by atomic mass is 9.96. The van der Waals surface area contributed by atoms with E-state index in [0.717, 1.165) is 11.1 Å². The Balaban J connectivity index is 1.97. The minimum absolute atomic E-state index is 0.243. The first-order valence-corrected chi connectivity index (χ1v) is 10.6. The number of carbonyl (C=O) groups excluding carboxylic acids is 1. The molecule has 3 aromatic rings. The number of halogens is 2. The molecule has 1 unspecified atom stereocenters. The predicted octanol–water partition coefficient (Wildman–Crippen LogP) is 3.72. The van der Waals surface area contributed by atoms with E-state index >= 15 is 0 Å². The van der Waals surface area contributed by atoms with Gasteiger partial charge in [0.1, 0.15) is 0 Å². The summed E-state index contributed by atoms with van der Waals surface area (Å²) in [4.78, 5) is 31.0. The van der Waals surface area contributed by atoms with E-state index in [-0.39, 0.29) is 5.56 Å². The van der Waals surface area contributed by atoms with Crippen LogP contribution in [0.4, 0.5) is 0 Å². The Morgan fingerprint density at radius 3 is 2.57 bits per heavy atom. The number of thiazole rings is 1. The van der Waals surface area contributed by atoms with Crippen LogP contribution in [0, 0.1) is 0 Å². The van der Waals surface area contributed by atoms with Crippen molar-refractivity contribution in [2.75, 3.05) is 7.11 Å². The molecule has 1 atom stereocenters. The summed E-state index contributed by atoms with van der Waals surface area (Å²) in [6.07, 6.45) is 1.74. The second-order valence-corrected chi connectivity index (χ2v) is 8.48. The third kappa shape index (κ3) is 3.62. The average Bonchev–Trinajstić information content (AvgIpc) is 3.04. The molecule has 0 spiro atoms. The number of aromatic nitrogens is 1. The number of nitrogens with zero attached hydrogens (tertiary/aromatic N) is 2. The summed E-state index contributed by atoms with van der Waals surface area (Å²) in [7, 11) is 1.32. The van der Waals surface area contributed by atoms with E-state index in [1.54, 1.807) is 35.8 Å². The van der Waals surface area contributed by atoms with Gasteiger partial charge in [-0.15, -0.1) is 0 Å². The van der Waals surface area contributed by atoms with Crippen LogP contribution in [0.5, 0.6) is 0 Å². The quantitative estimate of drug-likeness (QED) is 0.561. The summed E-state index contributed by atoms with van der Waals surface area (Å²) >= 11 is 13.3.